The van der Waals surface area contributed by atoms with Crippen molar-refractivity contribution in [3.8, 4) is 21.7 Å². The molecule has 0 atom stereocenters. The van der Waals surface area contributed by atoms with Gasteiger partial charge < -0.3 is 5.73 Å². The molecule has 0 radical (unpaired) electrons. The summed E-state index contributed by atoms with van der Waals surface area (Å²) in [6.45, 7) is 0. The second-order valence-corrected chi connectivity index (χ2v) is 4.69. The van der Waals surface area contributed by atoms with E-state index in [4.69, 9.17) is 5.73 Å². The van der Waals surface area contributed by atoms with Crippen LogP contribution in [-0.4, -0.2) is 20.0 Å². The predicted molar refractivity (Wildman–Crippen MR) is 68.5 cm³/mol. The van der Waals surface area contributed by atoms with Crippen molar-refractivity contribution in [2.24, 2.45) is 7.05 Å². The number of aromatic amines is 1. The Morgan fingerprint density at radius 2 is 2.35 bits per heavy atom. The molecule has 0 saturated heterocycles. The number of thiophene rings is 1. The van der Waals surface area contributed by atoms with Crippen LogP contribution in [0.2, 0.25) is 0 Å². The van der Waals surface area contributed by atoms with Gasteiger partial charge in [-0.15, -0.1) is 11.3 Å². The zero-order valence-corrected chi connectivity index (χ0v) is 10.0. The SMILES string of the molecule is Cn1cc(-c2[nH]nc(N)c2-c2cccs2)cn1. The minimum atomic E-state index is 0.520. The van der Waals surface area contributed by atoms with Crippen LogP contribution in [-0.2, 0) is 7.05 Å². The molecule has 0 aromatic carbocycles. The highest BCUT2D eigenvalue weighted by Gasteiger charge is 2.16. The van der Waals surface area contributed by atoms with Crippen LogP contribution >= 0.6 is 11.3 Å². The van der Waals surface area contributed by atoms with Gasteiger partial charge in [-0.25, -0.2) is 0 Å². The number of rotatable bonds is 2. The van der Waals surface area contributed by atoms with Crippen molar-refractivity contribution >= 4 is 17.2 Å². The first-order valence-corrected chi connectivity index (χ1v) is 6.00. The predicted octanol–water partition coefficient (Wildman–Crippen LogP) is 2.12. The highest BCUT2D eigenvalue weighted by Crippen LogP contribution is 2.36. The van der Waals surface area contributed by atoms with Crippen molar-refractivity contribution in [1.82, 2.24) is 20.0 Å². The lowest BCUT2D eigenvalue weighted by atomic mass is 10.1. The summed E-state index contributed by atoms with van der Waals surface area (Å²) < 4.78 is 1.75. The van der Waals surface area contributed by atoms with Gasteiger partial charge in [-0.2, -0.15) is 10.2 Å². The summed E-state index contributed by atoms with van der Waals surface area (Å²) in [5, 5.41) is 13.2. The van der Waals surface area contributed by atoms with Gasteiger partial charge in [0.15, 0.2) is 5.82 Å². The fourth-order valence-electron chi connectivity index (χ4n) is 1.79. The van der Waals surface area contributed by atoms with Crippen molar-refractivity contribution in [1.29, 1.82) is 0 Å². The summed E-state index contributed by atoms with van der Waals surface area (Å²) in [4.78, 5) is 1.11. The summed E-state index contributed by atoms with van der Waals surface area (Å²) >= 11 is 1.64. The monoisotopic (exact) mass is 245 g/mol. The third-order valence-electron chi connectivity index (χ3n) is 2.56. The zero-order chi connectivity index (χ0) is 11.8. The Kier molecular flexibility index (Phi) is 2.22. The first kappa shape index (κ1) is 10.1. The number of anilines is 1. The molecule has 3 aromatic heterocycles. The Morgan fingerprint density at radius 3 is 3.00 bits per heavy atom. The van der Waals surface area contributed by atoms with Gasteiger partial charge >= 0.3 is 0 Å². The Balaban J connectivity index is 2.19. The Hall–Kier alpha value is -2.08. The van der Waals surface area contributed by atoms with Gasteiger partial charge in [0.25, 0.3) is 0 Å². The van der Waals surface area contributed by atoms with Crippen molar-refractivity contribution in [3.05, 3.63) is 29.9 Å². The molecular weight excluding hydrogens is 234 g/mol. The molecule has 6 heteroatoms. The van der Waals surface area contributed by atoms with Gasteiger partial charge in [0.1, 0.15) is 0 Å². The first-order valence-electron chi connectivity index (χ1n) is 5.12. The number of hydrogen-bond acceptors (Lipinski definition) is 4. The average Bonchev–Trinajstić information content (AvgIpc) is 2.97. The van der Waals surface area contributed by atoms with E-state index in [0.717, 1.165) is 21.7 Å². The molecule has 0 aliphatic rings. The van der Waals surface area contributed by atoms with Gasteiger partial charge in [-0.1, -0.05) is 6.07 Å². The number of nitrogen functional groups attached to an aromatic ring is 1. The summed E-state index contributed by atoms with van der Waals surface area (Å²) in [5.41, 5.74) is 8.77. The number of H-pyrrole nitrogens is 1. The van der Waals surface area contributed by atoms with Crippen LogP contribution in [0, 0.1) is 0 Å². The van der Waals surface area contributed by atoms with Crippen molar-refractivity contribution in [3.63, 3.8) is 0 Å². The highest BCUT2D eigenvalue weighted by atomic mass is 32.1. The second kappa shape index (κ2) is 3.74. The molecule has 3 rings (SSSR count). The van der Waals surface area contributed by atoms with Crippen LogP contribution in [0.5, 0.6) is 0 Å². The molecule has 0 fully saturated rings. The molecule has 0 aliphatic carbocycles. The molecule has 0 aliphatic heterocycles. The molecule has 0 saturated carbocycles. The number of aromatic nitrogens is 4. The summed E-state index contributed by atoms with van der Waals surface area (Å²) in [6, 6.07) is 4.03. The van der Waals surface area contributed by atoms with E-state index in [1.807, 2.05) is 30.8 Å². The summed E-state index contributed by atoms with van der Waals surface area (Å²) in [5.74, 6) is 0.520. The molecule has 86 valence electrons. The topological polar surface area (TPSA) is 72.5 Å². The van der Waals surface area contributed by atoms with Crippen molar-refractivity contribution < 1.29 is 0 Å². The van der Waals surface area contributed by atoms with E-state index >= 15 is 0 Å². The van der Waals surface area contributed by atoms with Gasteiger partial charge in [0, 0.05) is 23.7 Å². The maximum Gasteiger partial charge on any atom is 0.154 e. The van der Waals surface area contributed by atoms with Crippen LogP contribution in [0.25, 0.3) is 21.7 Å². The van der Waals surface area contributed by atoms with Crippen LogP contribution < -0.4 is 5.73 Å². The molecule has 0 unspecified atom stereocenters. The Labute approximate surface area is 102 Å². The lowest BCUT2D eigenvalue weighted by molar-refractivity contribution is 0.768. The van der Waals surface area contributed by atoms with E-state index in [2.05, 4.69) is 15.3 Å². The fraction of sp³-hybridized carbons (Fsp3) is 0.0909. The van der Waals surface area contributed by atoms with E-state index in [1.54, 1.807) is 22.2 Å². The molecule has 5 nitrogen and oxygen atoms in total. The minimum absolute atomic E-state index is 0.520. The lowest BCUT2D eigenvalue weighted by Gasteiger charge is -1.98. The average molecular weight is 245 g/mol. The van der Waals surface area contributed by atoms with Gasteiger partial charge in [0.2, 0.25) is 0 Å². The molecule has 3 aromatic rings. The van der Waals surface area contributed by atoms with Crippen molar-refractivity contribution in [2.45, 2.75) is 0 Å². The second-order valence-electron chi connectivity index (χ2n) is 3.74. The maximum atomic E-state index is 5.91. The molecule has 0 spiro atoms. The number of nitrogens with two attached hydrogens (primary N) is 1. The maximum absolute atomic E-state index is 5.91. The molecule has 0 bridgehead atoms. The summed E-state index contributed by atoms with van der Waals surface area (Å²) in [7, 11) is 1.88. The molecular formula is C11H11N5S. The van der Waals surface area contributed by atoms with E-state index in [-0.39, 0.29) is 0 Å². The molecule has 0 amide bonds. The Morgan fingerprint density at radius 1 is 1.47 bits per heavy atom. The smallest absolute Gasteiger partial charge is 0.154 e. The Bertz CT molecular complexity index is 635. The van der Waals surface area contributed by atoms with Gasteiger partial charge in [0.05, 0.1) is 17.5 Å². The van der Waals surface area contributed by atoms with E-state index in [0.29, 0.717) is 5.82 Å². The largest absolute Gasteiger partial charge is 0.382 e. The number of hydrogen-bond donors (Lipinski definition) is 2. The van der Waals surface area contributed by atoms with E-state index < -0.39 is 0 Å². The fourth-order valence-corrected chi connectivity index (χ4v) is 2.57. The zero-order valence-electron chi connectivity index (χ0n) is 9.21. The molecule has 17 heavy (non-hydrogen) atoms. The van der Waals surface area contributed by atoms with Crippen LogP contribution in [0.1, 0.15) is 0 Å². The van der Waals surface area contributed by atoms with Crippen LogP contribution in [0.4, 0.5) is 5.82 Å². The van der Waals surface area contributed by atoms with Gasteiger partial charge in [-0.3, -0.25) is 9.78 Å². The van der Waals surface area contributed by atoms with Crippen LogP contribution in [0.3, 0.4) is 0 Å². The normalized spacial score (nSPS) is 10.9. The standard InChI is InChI=1S/C11H11N5S/c1-16-6-7(5-13-16)10-9(11(12)15-14-10)8-3-2-4-17-8/h2-6H,1H3,(H3,12,14,15). The van der Waals surface area contributed by atoms with Crippen molar-refractivity contribution in [2.75, 3.05) is 5.73 Å². The minimum Gasteiger partial charge on any atom is -0.382 e. The van der Waals surface area contributed by atoms with E-state index in [9.17, 15) is 0 Å². The van der Waals surface area contributed by atoms with Crippen LogP contribution in [0.15, 0.2) is 29.9 Å². The lowest BCUT2D eigenvalue weighted by Crippen LogP contribution is -1.86. The van der Waals surface area contributed by atoms with E-state index in [1.165, 1.54) is 0 Å². The first-order chi connectivity index (χ1) is 8.25. The third kappa shape index (κ3) is 1.62. The highest BCUT2D eigenvalue weighted by molar-refractivity contribution is 7.13. The van der Waals surface area contributed by atoms with Gasteiger partial charge in [-0.05, 0) is 11.4 Å². The number of nitrogens with zero attached hydrogens (tertiary/aromatic N) is 3. The molecule has 3 heterocycles. The summed E-state index contributed by atoms with van der Waals surface area (Å²) in [6.07, 6.45) is 3.73. The number of nitrogens with one attached hydrogen (secondary N) is 1. The molecule has 3 N–H and O–H groups in total. The number of aryl methyl sites for hydroxylation is 1. The third-order valence-corrected chi connectivity index (χ3v) is 3.44. The quantitative estimate of drug-likeness (QED) is 0.726.